The topological polar surface area (TPSA) is 44.8 Å². The van der Waals surface area contributed by atoms with Gasteiger partial charge in [0.2, 0.25) is 0 Å². The number of allylic oxidation sites excluding steroid dienone is 1. The third kappa shape index (κ3) is 5.24. The third-order valence-corrected chi connectivity index (χ3v) is 5.50. The largest absolute Gasteiger partial charge is 0.497 e. The van der Waals surface area contributed by atoms with Crippen LogP contribution in [-0.4, -0.2) is 26.3 Å². The summed E-state index contributed by atoms with van der Waals surface area (Å²) < 4.78 is 30.2. The van der Waals surface area contributed by atoms with E-state index in [0.717, 1.165) is 17.7 Å². The summed E-state index contributed by atoms with van der Waals surface area (Å²) in [5, 5.41) is 0. The van der Waals surface area contributed by atoms with Crippen LogP contribution in [0.3, 0.4) is 0 Å². The number of methoxy groups -OCH3 is 1. The van der Waals surface area contributed by atoms with Crippen LogP contribution in [0.4, 0.5) is 4.39 Å². The Morgan fingerprint density at radius 1 is 1.17 bits per heavy atom. The Hall–Kier alpha value is -2.66. The van der Waals surface area contributed by atoms with Gasteiger partial charge in [-0.3, -0.25) is 0 Å². The van der Waals surface area contributed by atoms with Crippen molar-refractivity contribution in [1.82, 2.24) is 0 Å². The summed E-state index contributed by atoms with van der Waals surface area (Å²) in [6, 6.07) is 14.3. The van der Waals surface area contributed by atoms with Crippen LogP contribution in [0.15, 0.2) is 60.2 Å². The van der Waals surface area contributed by atoms with Crippen molar-refractivity contribution in [2.45, 2.75) is 26.4 Å². The molecule has 0 saturated carbocycles. The number of halogens is 1. The molecule has 0 N–H and O–H groups in total. The number of esters is 1. The average Bonchev–Trinajstić information content (AvgIpc) is 3.14. The summed E-state index contributed by atoms with van der Waals surface area (Å²) in [5.41, 5.74) is 2.64. The fourth-order valence-corrected chi connectivity index (χ4v) is 3.62. The van der Waals surface area contributed by atoms with Crippen LogP contribution >= 0.6 is 0 Å². The van der Waals surface area contributed by atoms with Crippen molar-refractivity contribution in [1.29, 1.82) is 0 Å². The highest BCUT2D eigenvalue weighted by Gasteiger charge is 2.39. The second kappa shape index (κ2) is 9.70. The van der Waals surface area contributed by atoms with Gasteiger partial charge in [0, 0.05) is 11.5 Å². The first-order valence-corrected chi connectivity index (χ1v) is 9.82. The van der Waals surface area contributed by atoms with Gasteiger partial charge in [-0.15, -0.1) is 0 Å². The van der Waals surface area contributed by atoms with E-state index in [-0.39, 0.29) is 36.3 Å². The molecule has 3 rings (SSSR count). The molecule has 0 spiro atoms. The van der Waals surface area contributed by atoms with Crippen LogP contribution in [0.25, 0.3) is 0 Å². The molecule has 1 aliphatic rings. The van der Waals surface area contributed by atoms with Gasteiger partial charge in [0.1, 0.15) is 11.6 Å². The van der Waals surface area contributed by atoms with Crippen LogP contribution in [-0.2, 0) is 20.7 Å². The summed E-state index contributed by atoms with van der Waals surface area (Å²) in [6.45, 7) is 4.36. The van der Waals surface area contributed by atoms with E-state index >= 15 is 0 Å². The maximum absolute atomic E-state index is 13.4. The van der Waals surface area contributed by atoms with E-state index in [2.05, 4.69) is 0 Å². The molecule has 0 radical (unpaired) electrons. The van der Waals surface area contributed by atoms with Crippen molar-refractivity contribution in [3.05, 3.63) is 77.1 Å². The van der Waals surface area contributed by atoms with Gasteiger partial charge in [-0.2, -0.15) is 0 Å². The molecule has 1 aliphatic heterocycles. The van der Waals surface area contributed by atoms with Crippen molar-refractivity contribution >= 4 is 5.97 Å². The maximum atomic E-state index is 13.4. The zero-order valence-corrected chi connectivity index (χ0v) is 17.1. The van der Waals surface area contributed by atoms with Crippen LogP contribution < -0.4 is 4.74 Å². The second-order valence-corrected chi connectivity index (χ2v) is 7.35. The molecule has 1 saturated heterocycles. The number of ether oxygens (including phenoxy) is 3. The summed E-state index contributed by atoms with van der Waals surface area (Å²) in [5.74, 6) is 0.370. The fraction of sp³-hybridized carbons (Fsp3) is 0.375. The maximum Gasteiger partial charge on any atom is 0.333 e. The van der Waals surface area contributed by atoms with E-state index in [0.29, 0.717) is 12.2 Å². The normalized spacial score (nSPS) is 21.8. The highest BCUT2D eigenvalue weighted by Crippen LogP contribution is 2.40. The van der Waals surface area contributed by atoms with Crippen molar-refractivity contribution in [3.8, 4) is 5.75 Å². The Kier molecular flexibility index (Phi) is 7.04. The highest BCUT2D eigenvalue weighted by molar-refractivity contribution is 5.87. The molecule has 5 heteroatoms. The van der Waals surface area contributed by atoms with E-state index in [1.807, 2.05) is 31.2 Å². The molecule has 3 atom stereocenters. The molecule has 154 valence electrons. The third-order valence-electron chi connectivity index (χ3n) is 5.50. The standard InChI is InChI=1S/C24H27FO4/c1-4-16(2)24(26)29-15-22-19(13-17-5-11-21(27-3)12-6-17)14-28-23(22)18-7-9-20(25)10-8-18/h4-12,19,22-23H,13-15H2,1-3H3/t19-,22-,23+/m0/s1. The van der Waals surface area contributed by atoms with Gasteiger partial charge in [0.05, 0.1) is 26.4 Å². The Balaban J connectivity index is 1.77. The predicted molar refractivity (Wildman–Crippen MR) is 109 cm³/mol. The number of carbonyl (C=O) groups is 1. The van der Waals surface area contributed by atoms with Gasteiger partial charge < -0.3 is 14.2 Å². The molecule has 0 unspecified atom stereocenters. The number of rotatable bonds is 7. The molecular formula is C24H27FO4. The van der Waals surface area contributed by atoms with Crippen molar-refractivity contribution in [2.75, 3.05) is 20.3 Å². The molecule has 2 aromatic rings. The zero-order chi connectivity index (χ0) is 20.8. The van der Waals surface area contributed by atoms with Gasteiger partial charge in [0.25, 0.3) is 0 Å². The molecule has 2 aromatic carbocycles. The summed E-state index contributed by atoms with van der Waals surface area (Å²) in [7, 11) is 1.64. The molecule has 0 aromatic heterocycles. The van der Waals surface area contributed by atoms with Crippen molar-refractivity contribution in [3.63, 3.8) is 0 Å². The molecule has 29 heavy (non-hydrogen) atoms. The van der Waals surface area contributed by atoms with Crippen LogP contribution in [0.1, 0.15) is 31.1 Å². The summed E-state index contributed by atoms with van der Waals surface area (Å²) in [6.07, 6.45) is 2.30. The zero-order valence-electron chi connectivity index (χ0n) is 17.1. The number of benzene rings is 2. The molecule has 1 fully saturated rings. The van der Waals surface area contributed by atoms with Gasteiger partial charge >= 0.3 is 5.97 Å². The van der Waals surface area contributed by atoms with Crippen LogP contribution in [0.5, 0.6) is 5.75 Å². The Morgan fingerprint density at radius 3 is 2.48 bits per heavy atom. The molecule has 0 amide bonds. The SMILES string of the molecule is CC=C(C)C(=O)OC[C@H]1[C@@H](Cc2ccc(OC)cc2)CO[C@@H]1c1ccc(F)cc1. The van der Waals surface area contributed by atoms with Crippen molar-refractivity contribution < 1.29 is 23.4 Å². The Morgan fingerprint density at radius 2 is 1.86 bits per heavy atom. The first kappa shape index (κ1) is 21.1. The average molecular weight is 398 g/mol. The fourth-order valence-electron chi connectivity index (χ4n) is 3.62. The predicted octanol–water partition coefficient (Wildman–Crippen LogP) is 4.89. The number of hydrogen-bond acceptors (Lipinski definition) is 4. The quantitative estimate of drug-likeness (QED) is 0.492. The summed E-state index contributed by atoms with van der Waals surface area (Å²) >= 11 is 0. The van der Waals surface area contributed by atoms with Gasteiger partial charge in [-0.1, -0.05) is 30.3 Å². The van der Waals surface area contributed by atoms with E-state index in [4.69, 9.17) is 14.2 Å². The van der Waals surface area contributed by atoms with E-state index < -0.39 is 0 Å². The molecule has 0 bridgehead atoms. The first-order valence-electron chi connectivity index (χ1n) is 9.82. The molecule has 1 heterocycles. The minimum absolute atomic E-state index is 0.0174. The molecule has 0 aliphatic carbocycles. The second-order valence-electron chi connectivity index (χ2n) is 7.35. The van der Waals surface area contributed by atoms with Gasteiger partial charge in [0.15, 0.2) is 0 Å². The minimum atomic E-state index is -0.319. The monoisotopic (exact) mass is 398 g/mol. The Labute approximate surface area is 171 Å². The van der Waals surface area contributed by atoms with Crippen LogP contribution in [0, 0.1) is 17.7 Å². The minimum Gasteiger partial charge on any atom is -0.497 e. The van der Waals surface area contributed by atoms with Crippen LogP contribution in [0.2, 0.25) is 0 Å². The smallest absolute Gasteiger partial charge is 0.333 e. The molecular weight excluding hydrogens is 371 g/mol. The molecule has 4 nitrogen and oxygen atoms in total. The van der Waals surface area contributed by atoms with E-state index in [1.54, 1.807) is 32.2 Å². The lowest BCUT2D eigenvalue weighted by atomic mass is 9.84. The lowest BCUT2D eigenvalue weighted by Crippen LogP contribution is -2.24. The summed E-state index contributed by atoms with van der Waals surface area (Å²) in [4.78, 5) is 12.2. The van der Waals surface area contributed by atoms with E-state index in [9.17, 15) is 9.18 Å². The van der Waals surface area contributed by atoms with Crippen molar-refractivity contribution in [2.24, 2.45) is 11.8 Å². The highest BCUT2D eigenvalue weighted by atomic mass is 19.1. The number of carbonyl (C=O) groups excluding carboxylic acids is 1. The van der Waals surface area contributed by atoms with Gasteiger partial charge in [-0.25, -0.2) is 9.18 Å². The lowest BCUT2D eigenvalue weighted by molar-refractivity contribution is -0.141. The first-order chi connectivity index (χ1) is 14.0. The van der Waals surface area contributed by atoms with Gasteiger partial charge in [-0.05, 0) is 61.6 Å². The number of hydrogen-bond donors (Lipinski definition) is 0. The Bertz CT molecular complexity index is 842. The lowest BCUT2D eigenvalue weighted by Gasteiger charge is -2.23. The van der Waals surface area contributed by atoms with E-state index in [1.165, 1.54) is 17.7 Å².